The van der Waals surface area contributed by atoms with Crippen molar-refractivity contribution in [3.05, 3.63) is 109 Å². The Morgan fingerprint density at radius 3 is 1.44 bits per heavy atom. The normalized spacial score (nSPS) is 13.4. The smallest absolute Gasteiger partial charge is 0.417 e. The van der Waals surface area contributed by atoms with E-state index in [9.17, 15) is 33.2 Å². The van der Waals surface area contributed by atoms with Crippen LogP contribution in [0.2, 0.25) is 0 Å². The molecule has 1 aliphatic carbocycles. The molecular weight excluding hydrogens is 1480 g/mol. The van der Waals surface area contributed by atoms with Crippen molar-refractivity contribution >= 4 is 111 Å². The van der Waals surface area contributed by atoms with Crippen molar-refractivity contribution in [3.63, 3.8) is 0 Å². The lowest BCUT2D eigenvalue weighted by atomic mass is 9.84. The van der Waals surface area contributed by atoms with Gasteiger partial charge in [0.15, 0.2) is 50.9 Å². The molecule has 8 heterocycles. The van der Waals surface area contributed by atoms with Gasteiger partial charge < -0.3 is 66.8 Å². The highest BCUT2D eigenvalue weighted by molar-refractivity contribution is 5.94. The van der Waals surface area contributed by atoms with Gasteiger partial charge in [0.05, 0.1) is 58.2 Å². The molecule has 0 radical (unpaired) electrons. The average molecular weight is 1590 g/mol. The van der Waals surface area contributed by atoms with Crippen LogP contribution in [0.3, 0.4) is 0 Å². The summed E-state index contributed by atoms with van der Waals surface area (Å²) in [5.74, 6) is 1.40. The molecule has 9 aromatic rings. The number of ether oxygens (including phenoxy) is 7. The Morgan fingerprint density at radius 2 is 0.974 bits per heavy atom. The number of hydrogen-bond donors (Lipinski definition) is 2. The van der Waals surface area contributed by atoms with E-state index in [2.05, 4.69) is 61.5 Å². The van der Waals surface area contributed by atoms with Crippen LogP contribution in [0.15, 0.2) is 90.3 Å². The Bertz CT molecular complexity index is 4650. The van der Waals surface area contributed by atoms with Gasteiger partial charge in [0, 0.05) is 45.1 Å². The minimum atomic E-state index is -0.773. The van der Waals surface area contributed by atoms with E-state index < -0.39 is 53.0 Å². The molecule has 2 aliphatic rings. The van der Waals surface area contributed by atoms with Gasteiger partial charge in [-0.3, -0.25) is 14.4 Å². The van der Waals surface area contributed by atoms with Gasteiger partial charge >= 0.3 is 36.2 Å². The zero-order valence-electron chi connectivity index (χ0n) is 69.2. The van der Waals surface area contributed by atoms with Gasteiger partial charge in [-0.25, -0.2) is 48.4 Å². The molecular formula is C82H113FN18O14. The zero-order valence-corrected chi connectivity index (χ0v) is 69.2. The number of esters is 3. The molecule has 115 heavy (non-hydrogen) atoms. The third-order valence-corrected chi connectivity index (χ3v) is 18.1. The Hall–Kier alpha value is -11.1. The van der Waals surface area contributed by atoms with E-state index in [1.807, 2.05) is 77.8 Å². The largest absolute Gasteiger partial charge is 0.467 e. The van der Waals surface area contributed by atoms with Crippen LogP contribution in [0, 0.1) is 5.82 Å². The van der Waals surface area contributed by atoms with Gasteiger partial charge in [0.1, 0.15) is 48.0 Å². The number of carbonyl (C=O) groups excluding carboxylic acids is 6. The van der Waals surface area contributed by atoms with E-state index in [4.69, 9.17) is 57.5 Å². The minimum absolute atomic E-state index is 0.0419. The van der Waals surface area contributed by atoms with Crippen molar-refractivity contribution in [1.82, 2.24) is 58.6 Å². The number of nitrogens with zero attached hydrogens (tertiary/aromatic N) is 16. The first-order valence-electron chi connectivity index (χ1n) is 39.8. The lowest BCUT2D eigenvalue weighted by Gasteiger charge is -2.27. The number of rotatable bonds is 30. The van der Waals surface area contributed by atoms with Crippen LogP contribution >= 0.6 is 0 Å². The topological polar surface area (TPSA) is 348 Å². The second-order valence-corrected chi connectivity index (χ2v) is 31.1. The Morgan fingerprint density at radius 1 is 0.522 bits per heavy atom. The van der Waals surface area contributed by atoms with Crippen LogP contribution in [0.4, 0.5) is 59.8 Å². The molecule has 2 N–H and O–H groups in total. The first kappa shape index (κ1) is 87.8. The molecule has 33 heteroatoms. The number of anilines is 7. The number of furan rings is 1. The fourth-order valence-corrected chi connectivity index (χ4v) is 12.7. The van der Waals surface area contributed by atoms with Gasteiger partial charge in [0.2, 0.25) is 17.8 Å². The minimum Gasteiger partial charge on any atom is -0.467 e. The third-order valence-electron chi connectivity index (χ3n) is 18.1. The van der Waals surface area contributed by atoms with Crippen LogP contribution in [-0.2, 0) is 80.3 Å². The van der Waals surface area contributed by atoms with Crippen LogP contribution in [0.1, 0.15) is 203 Å². The maximum atomic E-state index is 13.7. The van der Waals surface area contributed by atoms with E-state index in [0.717, 1.165) is 62.7 Å². The second-order valence-electron chi connectivity index (χ2n) is 31.1. The highest BCUT2D eigenvalue weighted by atomic mass is 19.1. The molecule has 1 saturated heterocycles. The number of halogens is 1. The molecule has 0 bridgehead atoms. The Labute approximate surface area is 670 Å². The zero-order chi connectivity index (χ0) is 83.0. The van der Waals surface area contributed by atoms with Crippen molar-refractivity contribution in [2.45, 2.75) is 242 Å². The average Bonchev–Trinajstić information content (AvgIpc) is 1.72. The van der Waals surface area contributed by atoms with Gasteiger partial charge in [0.25, 0.3) is 0 Å². The van der Waals surface area contributed by atoms with E-state index in [0.29, 0.717) is 89.6 Å². The lowest BCUT2D eigenvalue weighted by molar-refractivity contribution is -0.144. The SMILES string of the molecule is CCCCCN(C(=O)OC(C)(C)C)c1nc(N(C)Cc2ccco2)c2ncn(CC(=O)OCC)c2n1.CCCCCN(C(=O)OC(C)(C)C)c1nc(NC2CCOCC2)c2ncn(CC(=O)OCC)c2n1.CCOC(=O)Cn1cnc2c(Nc3ccc(F)cc3)nc(N(Cc3ccc(C4CCCCC4)cc3)C(=O)OC(C)(C)C)nc21. The van der Waals surface area contributed by atoms with Crippen molar-refractivity contribution in [2.75, 3.05) is 83.4 Å². The summed E-state index contributed by atoms with van der Waals surface area (Å²) in [4.78, 5) is 125. The quantitative estimate of drug-likeness (QED) is 0.0240. The highest BCUT2D eigenvalue weighted by Gasteiger charge is 2.33. The molecule has 2 aromatic carbocycles. The summed E-state index contributed by atoms with van der Waals surface area (Å²) in [6.45, 7) is 29.0. The summed E-state index contributed by atoms with van der Waals surface area (Å²) >= 11 is 0. The van der Waals surface area contributed by atoms with Crippen molar-refractivity contribution in [3.8, 4) is 0 Å². The second kappa shape index (κ2) is 41.3. The van der Waals surface area contributed by atoms with E-state index in [1.54, 1.807) is 80.0 Å². The van der Waals surface area contributed by atoms with Gasteiger partial charge in [-0.1, -0.05) is 83.1 Å². The molecule has 0 unspecified atom stereocenters. The summed E-state index contributed by atoms with van der Waals surface area (Å²) in [5.41, 5.74) is 3.18. The van der Waals surface area contributed by atoms with E-state index in [-0.39, 0.29) is 81.5 Å². The summed E-state index contributed by atoms with van der Waals surface area (Å²) < 4.78 is 61.8. The lowest BCUT2D eigenvalue weighted by Crippen LogP contribution is -2.39. The standard InChI is InChI=1S/C33H39FN6O4.C25H36N6O5.C24H38N6O5/c1-5-43-27(41)20-39-21-35-28-29(36-26-17-15-25(34)16-18-26)37-31(38-30(28)39)40(32(42)44-33(2,3)4)19-22-11-13-24(14-12-22)23-9-7-6-8-10-23;1-7-9-10-13-31(24(33)36-25(3,4)5)23-27-21(29(6)15-18-12-11-14-35-18)20-22(28-23)30(17-26-20)16-19(32)34-8-2;1-6-8-9-12-30(23(32)35-24(3,4)5)22-27-20(26-17-10-13-33-14-11-17)19-21(28-22)29(16-25-19)15-18(31)34-7-2/h11-18,21,23H,5-10,19-20H2,1-4H3,(H,36,37,38);11-12,14,17H,7-10,13,15-16H2,1-6H3;16-17H,6-15H2,1-5H3,(H,26,27,28). The third kappa shape index (κ3) is 25.9. The maximum absolute atomic E-state index is 13.7. The summed E-state index contributed by atoms with van der Waals surface area (Å²) in [7, 11) is 1.85. The molecule has 3 amide bonds. The summed E-state index contributed by atoms with van der Waals surface area (Å²) in [5, 5.41) is 6.63. The summed E-state index contributed by atoms with van der Waals surface area (Å²) in [6.07, 6.45) is 17.7. The van der Waals surface area contributed by atoms with Crippen molar-refractivity contribution < 1.29 is 70.7 Å². The predicted molar refractivity (Wildman–Crippen MR) is 435 cm³/mol. The molecule has 622 valence electrons. The van der Waals surface area contributed by atoms with Gasteiger partial charge in [-0.2, -0.15) is 29.9 Å². The van der Waals surface area contributed by atoms with Crippen molar-refractivity contribution in [1.29, 1.82) is 0 Å². The molecule has 2 fully saturated rings. The Balaban J connectivity index is 0.000000199. The van der Waals surface area contributed by atoms with Crippen LogP contribution in [0.25, 0.3) is 33.5 Å². The molecule has 1 saturated carbocycles. The van der Waals surface area contributed by atoms with Crippen LogP contribution in [-0.4, -0.2) is 171 Å². The molecule has 32 nitrogen and oxygen atoms in total. The fourth-order valence-electron chi connectivity index (χ4n) is 12.7. The van der Waals surface area contributed by atoms with E-state index in [1.165, 1.54) is 77.2 Å². The van der Waals surface area contributed by atoms with Gasteiger partial charge in [-0.05, 0) is 175 Å². The highest BCUT2D eigenvalue weighted by Crippen LogP contribution is 2.35. The molecule has 11 rings (SSSR count). The molecule has 1 aliphatic heterocycles. The number of carbonyl (C=O) groups is 6. The summed E-state index contributed by atoms with van der Waals surface area (Å²) in [6, 6.07) is 18.0. The van der Waals surface area contributed by atoms with Crippen LogP contribution < -0.4 is 30.2 Å². The monoisotopic (exact) mass is 1590 g/mol. The number of benzene rings is 2. The molecule has 0 atom stereocenters. The van der Waals surface area contributed by atoms with Crippen molar-refractivity contribution in [2.24, 2.45) is 0 Å². The van der Waals surface area contributed by atoms with E-state index >= 15 is 0 Å². The maximum Gasteiger partial charge on any atom is 0.417 e. The number of imidazole rings is 3. The number of aromatic nitrogens is 12. The fraction of sp³-hybridized carbons (Fsp3) is 0.549. The number of nitrogens with one attached hydrogen (secondary N) is 2. The number of unbranched alkanes of at least 4 members (excludes halogenated alkanes) is 4. The molecule has 0 spiro atoms. The number of fused-ring (bicyclic) bond motifs is 3. The molecule has 7 aromatic heterocycles. The van der Waals surface area contributed by atoms with Crippen LogP contribution in [0.5, 0.6) is 0 Å². The van der Waals surface area contributed by atoms with Gasteiger partial charge in [-0.15, -0.1) is 0 Å². The first-order chi connectivity index (χ1) is 54.9. The Kier molecular flexibility index (Phi) is 31.5. The number of hydrogen-bond acceptors (Lipinski definition) is 26. The number of amides is 3. The first-order valence-corrected chi connectivity index (χ1v) is 39.8. The predicted octanol–water partition coefficient (Wildman–Crippen LogP) is 15.7.